The number of para-hydroxylation sites is 1. The maximum atomic E-state index is 6.20. The lowest BCUT2D eigenvalue weighted by molar-refractivity contribution is 0.669. The second-order valence-corrected chi connectivity index (χ2v) is 11.7. The molecule has 4 heteroatoms. The molecule has 220 valence electrons. The molecule has 0 unspecified atom stereocenters. The summed E-state index contributed by atoms with van der Waals surface area (Å²) in [7, 11) is 0. The summed E-state index contributed by atoms with van der Waals surface area (Å²) in [6.07, 6.45) is 0. The number of hydrogen-bond acceptors (Lipinski definition) is 4. The lowest BCUT2D eigenvalue weighted by Crippen LogP contribution is -2.00. The van der Waals surface area contributed by atoms with Crippen LogP contribution in [-0.4, -0.2) is 15.0 Å². The van der Waals surface area contributed by atoms with Crippen LogP contribution in [0.5, 0.6) is 0 Å². The Labute approximate surface area is 271 Å². The molecule has 0 saturated carbocycles. The van der Waals surface area contributed by atoms with Gasteiger partial charge in [0.25, 0.3) is 0 Å². The third-order valence-corrected chi connectivity index (χ3v) is 8.71. The molecule has 2 aromatic heterocycles. The van der Waals surface area contributed by atoms with E-state index >= 15 is 0 Å². The second kappa shape index (κ2) is 11.2. The minimum atomic E-state index is 0.620. The van der Waals surface area contributed by atoms with Crippen molar-refractivity contribution in [2.75, 3.05) is 0 Å². The summed E-state index contributed by atoms with van der Waals surface area (Å²) in [6, 6.07) is 56.4. The van der Waals surface area contributed by atoms with Gasteiger partial charge in [-0.2, -0.15) is 0 Å². The van der Waals surface area contributed by atoms with Gasteiger partial charge in [-0.3, -0.25) is 0 Å². The van der Waals surface area contributed by atoms with E-state index in [0.29, 0.717) is 17.5 Å². The van der Waals surface area contributed by atoms with E-state index < -0.39 is 0 Å². The van der Waals surface area contributed by atoms with Gasteiger partial charge < -0.3 is 4.42 Å². The maximum absolute atomic E-state index is 6.20. The third kappa shape index (κ3) is 4.93. The fourth-order valence-electron chi connectivity index (χ4n) is 6.39. The van der Waals surface area contributed by atoms with Crippen molar-refractivity contribution in [1.29, 1.82) is 0 Å². The molecular formula is C43H27N3O. The minimum Gasteiger partial charge on any atom is -0.456 e. The van der Waals surface area contributed by atoms with Crippen LogP contribution in [-0.2, 0) is 0 Å². The first-order chi connectivity index (χ1) is 23.3. The molecule has 0 fully saturated rings. The predicted octanol–water partition coefficient (Wildman–Crippen LogP) is 11.3. The lowest BCUT2D eigenvalue weighted by Gasteiger charge is -2.13. The van der Waals surface area contributed by atoms with Crippen LogP contribution in [0, 0.1) is 0 Å². The van der Waals surface area contributed by atoms with Crippen molar-refractivity contribution in [1.82, 2.24) is 15.0 Å². The van der Waals surface area contributed by atoms with E-state index in [1.165, 1.54) is 5.39 Å². The highest BCUT2D eigenvalue weighted by atomic mass is 16.3. The van der Waals surface area contributed by atoms with Crippen LogP contribution in [0.3, 0.4) is 0 Å². The van der Waals surface area contributed by atoms with Gasteiger partial charge in [-0.25, -0.2) is 15.0 Å². The van der Waals surface area contributed by atoms with Crippen LogP contribution >= 0.6 is 0 Å². The fourth-order valence-corrected chi connectivity index (χ4v) is 6.39. The molecule has 9 aromatic rings. The number of nitrogens with zero attached hydrogens (tertiary/aromatic N) is 3. The first-order valence-electron chi connectivity index (χ1n) is 15.7. The molecule has 9 rings (SSSR count). The Morgan fingerprint density at radius 1 is 0.319 bits per heavy atom. The Morgan fingerprint density at radius 2 is 0.894 bits per heavy atom. The van der Waals surface area contributed by atoms with Crippen LogP contribution in [0.1, 0.15) is 0 Å². The first-order valence-corrected chi connectivity index (χ1v) is 15.7. The van der Waals surface area contributed by atoms with E-state index in [9.17, 15) is 0 Å². The maximum Gasteiger partial charge on any atom is 0.164 e. The van der Waals surface area contributed by atoms with Crippen LogP contribution < -0.4 is 0 Å². The molecule has 0 N–H and O–H groups in total. The molecule has 0 amide bonds. The topological polar surface area (TPSA) is 51.8 Å². The molecular weight excluding hydrogens is 574 g/mol. The minimum absolute atomic E-state index is 0.620. The predicted molar refractivity (Wildman–Crippen MR) is 192 cm³/mol. The SMILES string of the molecule is c1ccc(-c2nc(-c3cccc(-c4ccc5c(c4)oc4ccccc45)c3)nc(-c3cc(-c4ccccc4)c4ccccc4c3)n2)cc1. The number of rotatable bonds is 5. The zero-order valence-electron chi connectivity index (χ0n) is 25.3. The monoisotopic (exact) mass is 601 g/mol. The molecule has 0 saturated heterocycles. The lowest BCUT2D eigenvalue weighted by atomic mass is 9.95. The third-order valence-electron chi connectivity index (χ3n) is 8.71. The highest BCUT2D eigenvalue weighted by molar-refractivity contribution is 6.06. The molecule has 0 bridgehead atoms. The van der Waals surface area contributed by atoms with Gasteiger partial charge in [0.15, 0.2) is 17.5 Å². The summed E-state index contributed by atoms with van der Waals surface area (Å²) in [4.78, 5) is 15.2. The number of benzene rings is 7. The molecule has 0 atom stereocenters. The Kier molecular flexibility index (Phi) is 6.43. The summed E-state index contributed by atoms with van der Waals surface area (Å²) < 4.78 is 6.20. The van der Waals surface area contributed by atoms with Crippen molar-refractivity contribution < 1.29 is 4.42 Å². The Balaban J connectivity index is 1.20. The van der Waals surface area contributed by atoms with Gasteiger partial charge in [0, 0.05) is 27.5 Å². The molecule has 4 nitrogen and oxygen atoms in total. The van der Waals surface area contributed by atoms with Gasteiger partial charge >= 0.3 is 0 Å². The highest BCUT2D eigenvalue weighted by Gasteiger charge is 2.16. The smallest absolute Gasteiger partial charge is 0.164 e. The molecule has 2 heterocycles. The molecule has 0 aliphatic heterocycles. The molecule has 0 radical (unpaired) electrons. The standard InChI is InChI=1S/C43H27N3O/c1-3-12-28(13-4-1)38-26-34(25-32-16-7-8-19-35(32)38)43-45-41(29-14-5-2-6-15-29)44-42(46-43)33-18-11-17-30(24-33)31-22-23-37-36-20-9-10-21-39(36)47-40(37)27-31/h1-27H. The number of hydrogen-bond donors (Lipinski definition) is 0. The zero-order valence-corrected chi connectivity index (χ0v) is 25.3. The van der Waals surface area contributed by atoms with E-state index in [2.05, 4.69) is 109 Å². The van der Waals surface area contributed by atoms with Crippen molar-refractivity contribution in [3.8, 4) is 56.4 Å². The van der Waals surface area contributed by atoms with Crippen molar-refractivity contribution >= 4 is 32.7 Å². The van der Waals surface area contributed by atoms with Crippen LogP contribution in [0.4, 0.5) is 0 Å². The average molecular weight is 602 g/mol. The van der Waals surface area contributed by atoms with E-state index in [0.717, 1.165) is 66.3 Å². The molecule has 0 aliphatic carbocycles. The van der Waals surface area contributed by atoms with Crippen LogP contribution in [0.25, 0.3) is 89.1 Å². The van der Waals surface area contributed by atoms with Crippen molar-refractivity contribution in [3.63, 3.8) is 0 Å². The fraction of sp³-hybridized carbons (Fsp3) is 0. The summed E-state index contributed by atoms with van der Waals surface area (Å²) >= 11 is 0. The van der Waals surface area contributed by atoms with E-state index in [-0.39, 0.29) is 0 Å². The van der Waals surface area contributed by atoms with Crippen LogP contribution in [0.15, 0.2) is 168 Å². The van der Waals surface area contributed by atoms with Gasteiger partial charge in [-0.05, 0) is 69.4 Å². The van der Waals surface area contributed by atoms with Crippen molar-refractivity contribution in [3.05, 3.63) is 164 Å². The zero-order chi connectivity index (χ0) is 31.2. The van der Waals surface area contributed by atoms with E-state index in [1.807, 2.05) is 54.6 Å². The van der Waals surface area contributed by atoms with Gasteiger partial charge in [0.1, 0.15) is 11.2 Å². The molecule has 47 heavy (non-hydrogen) atoms. The quantitative estimate of drug-likeness (QED) is 0.197. The molecule has 7 aromatic carbocycles. The number of furan rings is 1. The molecule has 0 spiro atoms. The Morgan fingerprint density at radius 3 is 1.70 bits per heavy atom. The molecule has 0 aliphatic rings. The van der Waals surface area contributed by atoms with E-state index in [4.69, 9.17) is 19.4 Å². The Hall–Kier alpha value is -6.39. The summed E-state index contributed by atoms with van der Waals surface area (Å²) in [5.74, 6) is 1.88. The van der Waals surface area contributed by atoms with Gasteiger partial charge in [0.05, 0.1) is 0 Å². The largest absolute Gasteiger partial charge is 0.456 e. The second-order valence-electron chi connectivity index (χ2n) is 11.7. The van der Waals surface area contributed by atoms with Gasteiger partial charge in [0.2, 0.25) is 0 Å². The summed E-state index contributed by atoms with van der Waals surface area (Å²) in [5, 5.41) is 4.56. The summed E-state index contributed by atoms with van der Waals surface area (Å²) in [6.45, 7) is 0. The van der Waals surface area contributed by atoms with Crippen LogP contribution in [0.2, 0.25) is 0 Å². The van der Waals surface area contributed by atoms with Gasteiger partial charge in [-0.15, -0.1) is 0 Å². The summed E-state index contributed by atoms with van der Waals surface area (Å²) in [5.41, 5.74) is 8.97. The Bertz CT molecular complexity index is 2570. The van der Waals surface area contributed by atoms with Crippen molar-refractivity contribution in [2.24, 2.45) is 0 Å². The highest BCUT2D eigenvalue weighted by Crippen LogP contribution is 2.36. The van der Waals surface area contributed by atoms with E-state index in [1.54, 1.807) is 0 Å². The first kappa shape index (κ1) is 27.0. The van der Waals surface area contributed by atoms with Crippen molar-refractivity contribution in [2.45, 2.75) is 0 Å². The normalized spacial score (nSPS) is 11.4. The van der Waals surface area contributed by atoms with Gasteiger partial charge in [-0.1, -0.05) is 127 Å². The average Bonchev–Trinajstić information content (AvgIpc) is 3.53. The number of aromatic nitrogens is 3. The number of fused-ring (bicyclic) bond motifs is 4.